The van der Waals surface area contributed by atoms with Gasteiger partial charge in [0.25, 0.3) is 0 Å². The summed E-state index contributed by atoms with van der Waals surface area (Å²) in [6, 6.07) is 6.25. The van der Waals surface area contributed by atoms with E-state index in [2.05, 4.69) is 46.6 Å². The third kappa shape index (κ3) is 5.23. The van der Waals surface area contributed by atoms with Gasteiger partial charge in [-0.3, -0.25) is 4.99 Å². The van der Waals surface area contributed by atoms with Crippen LogP contribution < -0.4 is 15.4 Å². The highest BCUT2D eigenvalue weighted by atomic mass is 32.1. The monoisotopic (exact) mass is 346 g/mol. The van der Waals surface area contributed by atoms with Gasteiger partial charge in [-0.1, -0.05) is 24.6 Å². The van der Waals surface area contributed by atoms with Crippen LogP contribution in [0.3, 0.4) is 0 Å². The summed E-state index contributed by atoms with van der Waals surface area (Å²) >= 11 is 1.74. The number of aromatic nitrogens is 1. The topological polar surface area (TPSA) is 58.5 Å². The Morgan fingerprint density at radius 3 is 2.83 bits per heavy atom. The van der Waals surface area contributed by atoms with E-state index in [-0.39, 0.29) is 0 Å². The Morgan fingerprint density at radius 1 is 1.33 bits per heavy atom. The highest BCUT2D eigenvalue weighted by molar-refractivity contribution is 7.11. The van der Waals surface area contributed by atoms with Crippen LogP contribution in [0.5, 0.6) is 5.75 Å². The molecule has 0 spiro atoms. The van der Waals surface area contributed by atoms with Crippen molar-refractivity contribution < 1.29 is 4.74 Å². The van der Waals surface area contributed by atoms with Crippen molar-refractivity contribution in [3.63, 3.8) is 0 Å². The zero-order valence-corrected chi connectivity index (χ0v) is 15.7. The van der Waals surface area contributed by atoms with Gasteiger partial charge in [0.2, 0.25) is 0 Å². The van der Waals surface area contributed by atoms with E-state index < -0.39 is 0 Å². The van der Waals surface area contributed by atoms with Gasteiger partial charge in [-0.05, 0) is 31.4 Å². The van der Waals surface area contributed by atoms with E-state index in [4.69, 9.17) is 4.74 Å². The zero-order valence-electron chi connectivity index (χ0n) is 14.8. The zero-order chi connectivity index (χ0) is 17.4. The maximum Gasteiger partial charge on any atom is 0.191 e. The van der Waals surface area contributed by atoms with Crippen molar-refractivity contribution in [2.24, 2.45) is 4.99 Å². The minimum atomic E-state index is 0.693. The molecule has 0 unspecified atom stereocenters. The Labute approximate surface area is 148 Å². The van der Waals surface area contributed by atoms with Crippen LogP contribution in [-0.4, -0.2) is 31.6 Å². The molecule has 1 aromatic heterocycles. The van der Waals surface area contributed by atoms with E-state index in [1.54, 1.807) is 25.5 Å². The van der Waals surface area contributed by atoms with Crippen molar-refractivity contribution in [1.29, 1.82) is 0 Å². The number of nitrogens with one attached hydrogen (secondary N) is 2. The van der Waals surface area contributed by atoms with Gasteiger partial charge in [0.15, 0.2) is 5.96 Å². The minimum Gasteiger partial charge on any atom is -0.496 e. The second kappa shape index (κ2) is 9.27. The van der Waals surface area contributed by atoms with Crippen LogP contribution in [0, 0.1) is 6.92 Å². The summed E-state index contributed by atoms with van der Waals surface area (Å²) in [7, 11) is 3.49. The summed E-state index contributed by atoms with van der Waals surface area (Å²) in [6.07, 6.45) is 3.85. The molecule has 5 nitrogen and oxygen atoms in total. The lowest BCUT2D eigenvalue weighted by Gasteiger charge is -2.13. The molecule has 130 valence electrons. The van der Waals surface area contributed by atoms with Crippen molar-refractivity contribution >= 4 is 17.3 Å². The largest absolute Gasteiger partial charge is 0.496 e. The Hall–Kier alpha value is -2.08. The van der Waals surface area contributed by atoms with Crippen molar-refractivity contribution in [3.8, 4) is 5.75 Å². The molecule has 0 saturated carbocycles. The molecule has 0 amide bonds. The SMILES string of the molecule is CCc1cnc(CNC(=NC)NCCc2cc(C)ccc2OC)s1. The second-order valence-corrected chi connectivity index (χ2v) is 6.69. The number of aryl methyl sites for hydroxylation is 2. The number of guanidine groups is 1. The first-order chi connectivity index (χ1) is 11.7. The van der Waals surface area contributed by atoms with Crippen LogP contribution in [0.2, 0.25) is 0 Å². The lowest BCUT2D eigenvalue weighted by atomic mass is 10.1. The number of benzene rings is 1. The predicted molar refractivity (Wildman–Crippen MR) is 101 cm³/mol. The molecule has 0 saturated heterocycles. The maximum atomic E-state index is 5.42. The van der Waals surface area contributed by atoms with Gasteiger partial charge in [-0.25, -0.2) is 4.98 Å². The number of methoxy groups -OCH3 is 1. The molecule has 1 aromatic carbocycles. The third-order valence-electron chi connectivity index (χ3n) is 3.70. The van der Waals surface area contributed by atoms with E-state index in [1.807, 2.05) is 12.3 Å². The van der Waals surface area contributed by atoms with Gasteiger partial charge in [0.05, 0.1) is 13.7 Å². The lowest BCUT2D eigenvalue weighted by molar-refractivity contribution is 0.409. The highest BCUT2D eigenvalue weighted by Crippen LogP contribution is 2.19. The molecular formula is C18H26N4OS. The number of aliphatic imine (C=N–C) groups is 1. The smallest absolute Gasteiger partial charge is 0.191 e. The molecule has 2 N–H and O–H groups in total. The van der Waals surface area contributed by atoms with Crippen LogP contribution in [0.1, 0.15) is 27.9 Å². The summed E-state index contributed by atoms with van der Waals surface area (Å²) in [6.45, 7) is 5.72. The summed E-state index contributed by atoms with van der Waals surface area (Å²) in [5.74, 6) is 1.72. The van der Waals surface area contributed by atoms with Gasteiger partial charge in [0, 0.05) is 24.7 Å². The number of hydrogen-bond donors (Lipinski definition) is 2. The molecule has 0 aliphatic heterocycles. The quantitative estimate of drug-likeness (QED) is 0.598. The molecule has 1 heterocycles. The van der Waals surface area contributed by atoms with E-state index in [0.29, 0.717) is 6.54 Å². The van der Waals surface area contributed by atoms with Crippen LogP contribution >= 0.6 is 11.3 Å². The van der Waals surface area contributed by atoms with Crippen molar-refractivity contribution in [2.75, 3.05) is 20.7 Å². The normalized spacial score (nSPS) is 11.4. The Morgan fingerprint density at radius 2 is 2.17 bits per heavy atom. The van der Waals surface area contributed by atoms with Gasteiger partial charge in [-0.15, -0.1) is 11.3 Å². The van der Waals surface area contributed by atoms with Crippen LogP contribution in [0.25, 0.3) is 0 Å². The fourth-order valence-electron chi connectivity index (χ4n) is 2.39. The number of rotatable bonds is 7. The van der Waals surface area contributed by atoms with Crippen LogP contribution in [-0.2, 0) is 19.4 Å². The first-order valence-corrected chi connectivity index (χ1v) is 8.99. The van der Waals surface area contributed by atoms with Gasteiger partial charge in [0.1, 0.15) is 10.8 Å². The average Bonchev–Trinajstić information content (AvgIpc) is 3.06. The fourth-order valence-corrected chi connectivity index (χ4v) is 3.19. The Balaban J connectivity index is 1.82. The molecule has 0 radical (unpaired) electrons. The Bertz CT molecular complexity index is 681. The van der Waals surface area contributed by atoms with Crippen molar-refractivity contribution in [1.82, 2.24) is 15.6 Å². The average molecular weight is 347 g/mol. The number of nitrogens with zero attached hydrogens (tertiary/aromatic N) is 2. The molecule has 0 fully saturated rings. The van der Waals surface area contributed by atoms with E-state index in [0.717, 1.165) is 36.1 Å². The summed E-state index contributed by atoms with van der Waals surface area (Å²) in [5.41, 5.74) is 2.44. The first kappa shape index (κ1) is 18.3. The molecule has 2 rings (SSSR count). The summed E-state index contributed by atoms with van der Waals surface area (Å²) in [4.78, 5) is 9.98. The summed E-state index contributed by atoms with van der Waals surface area (Å²) in [5, 5.41) is 7.72. The van der Waals surface area contributed by atoms with E-state index in [1.165, 1.54) is 16.0 Å². The van der Waals surface area contributed by atoms with Crippen molar-refractivity contribution in [2.45, 2.75) is 33.2 Å². The van der Waals surface area contributed by atoms with Crippen LogP contribution in [0.4, 0.5) is 0 Å². The molecule has 2 aromatic rings. The predicted octanol–water partition coefficient (Wildman–Crippen LogP) is 2.93. The standard InChI is InChI=1S/C18H26N4OS/c1-5-15-11-21-17(24-15)12-22-18(19-3)20-9-8-14-10-13(2)6-7-16(14)23-4/h6-7,10-11H,5,8-9,12H2,1-4H3,(H2,19,20,22). The molecule has 0 atom stereocenters. The molecule has 0 aliphatic rings. The second-order valence-electron chi connectivity index (χ2n) is 5.49. The first-order valence-electron chi connectivity index (χ1n) is 8.17. The van der Waals surface area contributed by atoms with E-state index in [9.17, 15) is 0 Å². The van der Waals surface area contributed by atoms with Gasteiger partial charge < -0.3 is 15.4 Å². The van der Waals surface area contributed by atoms with Crippen LogP contribution in [0.15, 0.2) is 29.4 Å². The highest BCUT2D eigenvalue weighted by Gasteiger charge is 2.05. The molecule has 0 bridgehead atoms. The van der Waals surface area contributed by atoms with Gasteiger partial charge >= 0.3 is 0 Å². The molecular weight excluding hydrogens is 320 g/mol. The van der Waals surface area contributed by atoms with Crippen molar-refractivity contribution in [3.05, 3.63) is 45.4 Å². The van der Waals surface area contributed by atoms with E-state index >= 15 is 0 Å². The number of hydrogen-bond acceptors (Lipinski definition) is 4. The van der Waals surface area contributed by atoms with Gasteiger partial charge in [-0.2, -0.15) is 0 Å². The molecule has 24 heavy (non-hydrogen) atoms. The maximum absolute atomic E-state index is 5.42. The summed E-state index contributed by atoms with van der Waals surface area (Å²) < 4.78 is 5.42. The Kier molecular flexibility index (Phi) is 7.06. The molecule has 0 aliphatic carbocycles. The minimum absolute atomic E-state index is 0.693. The lowest BCUT2D eigenvalue weighted by Crippen LogP contribution is -2.37. The fraction of sp³-hybridized carbons (Fsp3) is 0.444. The number of thiazole rings is 1. The molecule has 6 heteroatoms. The number of ether oxygens (including phenoxy) is 1. The third-order valence-corrected chi connectivity index (χ3v) is 4.84.